The Morgan fingerprint density at radius 3 is 2.39 bits per heavy atom. The van der Waals surface area contributed by atoms with Crippen LogP contribution in [0, 0.1) is 5.92 Å². The highest BCUT2D eigenvalue weighted by Crippen LogP contribution is 2.24. The van der Waals surface area contributed by atoms with Gasteiger partial charge >= 0.3 is 5.97 Å². The van der Waals surface area contributed by atoms with E-state index in [1.807, 2.05) is 0 Å². The highest BCUT2D eigenvalue weighted by molar-refractivity contribution is 9.10. The van der Waals surface area contributed by atoms with Gasteiger partial charge in [-0.25, -0.2) is 0 Å². The van der Waals surface area contributed by atoms with Crippen molar-refractivity contribution in [3.8, 4) is 0 Å². The Bertz CT molecular complexity index is 690. The Hall–Kier alpha value is -2.18. The third kappa shape index (κ3) is 4.64. The summed E-state index contributed by atoms with van der Waals surface area (Å²) in [6, 6.07) is 15.3. The van der Waals surface area contributed by atoms with Crippen LogP contribution in [0.5, 0.6) is 0 Å². The number of carbonyl (C=O) groups excluding carboxylic acids is 1. The lowest BCUT2D eigenvalue weighted by Gasteiger charge is -2.20. The van der Waals surface area contributed by atoms with Gasteiger partial charge in [-0.1, -0.05) is 46.3 Å². The fourth-order valence-electron chi connectivity index (χ4n) is 2.15. The van der Waals surface area contributed by atoms with Gasteiger partial charge in [0.2, 0.25) is 0 Å². The van der Waals surface area contributed by atoms with E-state index in [0.717, 1.165) is 4.47 Å². The quantitative estimate of drug-likeness (QED) is 0.721. The van der Waals surface area contributed by atoms with Gasteiger partial charge in [-0.05, 0) is 29.8 Å². The molecule has 2 aromatic rings. The Balaban J connectivity index is 2.07. The standard InChI is InChI=1S/C17H16BrNO4/c18-13-8-4-7-12(9-13)15(20)14(17(22)23)10-19-16(21)11-5-2-1-3-6-11/h1-9,14-15,20H,10H2,(H,19,21)(H,22,23)/t14-,15-/m1/s1. The fraction of sp³-hybridized carbons (Fsp3) is 0.176. The minimum atomic E-state index is -1.22. The number of carbonyl (C=O) groups is 2. The van der Waals surface area contributed by atoms with Crippen LogP contribution in [0.1, 0.15) is 22.0 Å². The molecule has 0 aliphatic carbocycles. The predicted octanol–water partition coefficient (Wildman–Crippen LogP) is 2.61. The van der Waals surface area contributed by atoms with E-state index in [1.165, 1.54) is 0 Å². The van der Waals surface area contributed by atoms with Crippen LogP contribution >= 0.6 is 15.9 Å². The van der Waals surface area contributed by atoms with Crippen molar-refractivity contribution in [1.29, 1.82) is 0 Å². The van der Waals surface area contributed by atoms with Crippen molar-refractivity contribution < 1.29 is 19.8 Å². The van der Waals surface area contributed by atoms with Gasteiger partial charge in [-0.3, -0.25) is 9.59 Å². The van der Waals surface area contributed by atoms with Crippen LogP contribution in [0.3, 0.4) is 0 Å². The summed E-state index contributed by atoms with van der Waals surface area (Å²) in [5.41, 5.74) is 0.911. The molecule has 0 heterocycles. The van der Waals surface area contributed by atoms with Crippen LogP contribution in [0.25, 0.3) is 0 Å². The Labute approximate surface area is 142 Å². The second kappa shape index (κ2) is 7.89. The molecule has 5 nitrogen and oxygen atoms in total. The largest absolute Gasteiger partial charge is 0.481 e. The van der Waals surface area contributed by atoms with E-state index in [1.54, 1.807) is 54.6 Å². The summed E-state index contributed by atoms with van der Waals surface area (Å²) in [6.45, 7) is -0.170. The van der Waals surface area contributed by atoms with Crippen LogP contribution in [-0.2, 0) is 4.79 Å². The van der Waals surface area contributed by atoms with Crippen molar-refractivity contribution >= 4 is 27.8 Å². The minimum absolute atomic E-state index is 0.170. The van der Waals surface area contributed by atoms with E-state index in [9.17, 15) is 19.8 Å². The number of aliphatic hydroxyl groups is 1. The molecular formula is C17H16BrNO4. The third-order valence-electron chi connectivity index (χ3n) is 3.41. The smallest absolute Gasteiger partial charge is 0.311 e. The molecular weight excluding hydrogens is 362 g/mol. The number of amides is 1. The van der Waals surface area contributed by atoms with Gasteiger partial charge in [0, 0.05) is 16.6 Å². The van der Waals surface area contributed by atoms with E-state index >= 15 is 0 Å². The van der Waals surface area contributed by atoms with Gasteiger partial charge in [0.05, 0.1) is 6.10 Å². The van der Waals surface area contributed by atoms with Crippen molar-refractivity contribution in [2.45, 2.75) is 6.10 Å². The van der Waals surface area contributed by atoms with Crippen molar-refractivity contribution in [3.63, 3.8) is 0 Å². The lowest BCUT2D eigenvalue weighted by molar-refractivity contribution is -0.145. The number of nitrogens with one attached hydrogen (secondary N) is 1. The zero-order valence-electron chi connectivity index (χ0n) is 12.1. The summed E-state index contributed by atoms with van der Waals surface area (Å²) in [7, 11) is 0. The number of halogens is 1. The molecule has 120 valence electrons. The van der Waals surface area contributed by atoms with Crippen molar-refractivity contribution in [2.24, 2.45) is 5.92 Å². The van der Waals surface area contributed by atoms with Gasteiger partial charge < -0.3 is 15.5 Å². The summed E-state index contributed by atoms with van der Waals surface area (Å²) in [5, 5.41) is 22.2. The zero-order chi connectivity index (χ0) is 16.8. The average Bonchev–Trinajstić information content (AvgIpc) is 2.55. The van der Waals surface area contributed by atoms with Gasteiger partial charge in [-0.2, -0.15) is 0 Å². The maximum Gasteiger partial charge on any atom is 0.311 e. The molecule has 0 saturated carbocycles. The number of benzene rings is 2. The van der Waals surface area contributed by atoms with Crippen LogP contribution < -0.4 is 5.32 Å². The first-order valence-electron chi connectivity index (χ1n) is 6.98. The molecule has 0 aliphatic rings. The third-order valence-corrected chi connectivity index (χ3v) is 3.90. The van der Waals surface area contributed by atoms with Crippen molar-refractivity contribution in [3.05, 3.63) is 70.2 Å². The maximum absolute atomic E-state index is 12.0. The first-order valence-corrected chi connectivity index (χ1v) is 7.78. The number of carboxylic acids is 1. The summed E-state index contributed by atoms with van der Waals surface area (Å²) >= 11 is 3.28. The summed E-state index contributed by atoms with van der Waals surface area (Å²) in [4.78, 5) is 23.4. The van der Waals surface area contributed by atoms with Gasteiger partial charge in [0.15, 0.2) is 0 Å². The van der Waals surface area contributed by atoms with Gasteiger partial charge in [0.25, 0.3) is 5.91 Å². The summed E-state index contributed by atoms with van der Waals surface area (Å²) < 4.78 is 0.742. The van der Waals surface area contributed by atoms with E-state index in [-0.39, 0.29) is 12.5 Å². The molecule has 3 N–H and O–H groups in total. The Kier molecular flexibility index (Phi) is 5.90. The Morgan fingerprint density at radius 1 is 1.09 bits per heavy atom. The second-order valence-electron chi connectivity index (χ2n) is 5.02. The minimum Gasteiger partial charge on any atom is -0.481 e. The maximum atomic E-state index is 12.0. The number of rotatable bonds is 6. The molecule has 0 spiro atoms. The van der Waals surface area contributed by atoms with Crippen LogP contribution in [-0.4, -0.2) is 28.6 Å². The first kappa shape index (κ1) is 17.2. The van der Waals surface area contributed by atoms with E-state index in [2.05, 4.69) is 21.2 Å². The van der Waals surface area contributed by atoms with E-state index in [4.69, 9.17) is 0 Å². The second-order valence-corrected chi connectivity index (χ2v) is 5.94. The molecule has 0 aromatic heterocycles. The molecule has 1 amide bonds. The normalized spacial score (nSPS) is 13.1. The SMILES string of the molecule is O=C(NC[C@@H](C(=O)O)[C@H](O)c1cccc(Br)c1)c1ccccc1. The summed E-state index contributed by atoms with van der Waals surface area (Å²) in [6.07, 6.45) is -1.22. The molecule has 6 heteroatoms. The van der Waals surface area contributed by atoms with E-state index in [0.29, 0.717) is 11.1 Å². The average molecular weight is 378 g/mol. The molecule has 2 aromatic carbocycles. The van der Waals surface area contributed by atoms with Gasteiger partial charge in [-0.15, -0.1) is 0 Å². The van der Waals surface area contributed by atoms with Crippen LogP contribution in [0.2, 0.25) is 0 Å². The molecule has 0 radical (unpaired) electrons. The van der Waals surface area contributed by atoms with Crippen molar-refractivity contribution in [1.82, 2.24) is 5.32 Å². The number of aliphatic hydroxyl groups excluding tert-OH is 1. The topological polar surface area (TPSA) is 86.6 Å². The first-order chi connectivity index (χ1) is 11.0. The van der Waals surface area contributed by atoms with Gasteiger partial charge in [0.1, 0.15) is 5.92 Å². The highest BCUT2D eigenvalue weighted by atomic mass is 79.9. The van der Waals surface area contributed by atoms with Crippen molar-refractivity contribution in [2.75, 3.05) is 6.54 Å². The van der Waals surface area contributed by atoms with E-state index < -0.39 is 18.0 Å². The number of aliphatic carboxylic acids is 1. The predicted molar refractivity (Wildman–Crippen MR) is 89.0 cm³/mol. The lowest BCUT2D eigenvalue weighted by atomic mass is 9.95. The lowest BCUT2D eigenvalue weighted by Crippen LogP contribution is -2.36. The van der Waals surface area contributed by atoms with Crippen LogP contribution in [0.15, 0.2) is 59.1 Å². The molecule has 23 heavy (non-hydrogen) atoms. The molecule has 0 unspecified atom stereocenters. The molecule has 0 aliphatic heterocycles. The molecule has 0 fully saturated rings. The molecule has 0 bridgehead atoms. The highest BCUT2D eigenvalue weighted by Gasteiger charge is 2.28. The monoisotopic (exact) mass is 377 g/mol. The zero-order valence-corrected chi connectivity index (χ0v) is 13.7. The Morgan fingerprint density at radius 2 is 1.78 bits per heavy atom. The van der Waals surface area contributed by atoms with Crippen LogP contribution in [0.4, 0.5) is 0 Å². The fourth-order valence-corrected chi connectivity index (χ4v) is 2.57. The number of carboxylic acid groups (broad SMARTS) is 1. The summed E-state index contributed by atoms with van der Waals surface area (Å²) in [5.74, 6) is -2.69. The number of hydrogen-bond acceptors (Lipinski definition) is 3. The molecule has 2 rings (SSSR count). The number of hydrogen-bond donors (Lipinski definition) is 3. The molecule has 2 atom stereocenters. The molecule has 0 saturated heterocycles.